The topological polar surface area (TPSA) is 47.6 Å². The van der Waals surface area contributed by atoms with E-state index >= 15 is 0 Å². The minimum Gasteiger partial charge on any atom is -0.496 e. The summed E-state index contributed by atoms with van der Waals surface area (Å²) >= 11 is 0. The van der Waals surface area contributed by atoms with Gasteiger partial charge in [0, 0.05) is 17.7 Å². The Bertz CT molecular complexity index is 695. The van der Waals surface area contributed by atoms with E-state index in [0.717, 1.165) is 33.8 Å². The number of amides is 1. The van der Waals surface area contributed by atoms with Gasteiger partial charge < -0.3 is 14.8 Å². The molecule has 122 valence electrons. The van der Waals surface area contributed by atoms with Crippen LogP contribution < -0.4 is 14.8 Å². The summed E-state index contributed by atoms with van der Waals surface area (Å²) in [7, 11) is 3.26. The molecule has 2 aromatic carbocycles. The molecule has 0 saturated carbocycles. The highest BCUT2D eigenvalue weighted by Crippen LogP contribution is 2.25. The van der Waals surface area contributed by atoms with Gasteiger partial charge in [-0.25, -0.2) is 0 Å². The van der Waals surface area contributed by atoms with Crippen LogP contribution in [-0.2, 0) is 17.8 Å². The van der Waals surface area contributed by atoms with Gasteiger partial charge in [0.2, 0.25) is 5.91 Å². The highest BCUT2D eigenvalue weighted by Gasteiger charge is 2.12. The Labute approximate surface area is 137 Å². The van der Waals surface area contributed by atoms with Crippen LogP contribution in [0.2, 0.25) is 0 Å². The maximum absolute atomic E-state index is 12.3. The van der Waals surface area contributed by atoms with E-state index in [1.807, 2.05) is 44.2 Å². The summed E-state index contributed by atoms with van der Waals surface area (Å²) in [6.07, 6.45) is 0.293. The fourth-order valence-electron chi connectivity index (χ4n) is 2.74. The largest absolute Gasteiger partial charge is 0.496 e. The van der Waals surface area contributed by atoms with E-state index in [-0.39, 0.29) is 5.91 Å². The number of para-hydroxylation sites is 1. The second-order valence-electron chi connectivity index (χ2n) is 5.54. The first kappa shape index (κ1) is 16.9. The molecule has 0 unspecified atom stereocenters. The first-order valence-electron chi connectivity index (χ1n) is 7.58. The minimum atomic E-state index is -0.0424. The molecular weight excluding hydrogens is 290 g/mol. The normalized spacial score (nSPS) is 10.3. The Morgan fingerprint density at radius 2 is 1.78 bits per heavy atom. The van der Waals surface area contributed by atoms with Crippen molar-refractivity contribution in [3.63, 3.8) is 0 Å². The summed E-state index contributed by atoms with van der Waals surface area (Å²) in [4.78, 5) is 12.3. The van der Waals surface area contributed by atoms with Crippen molar-refractivity contribution in [3.05, 3.63) is 58.7 Å². The van der Waals surface area contributed by atoms with E-state index in [1.54, 1.807) is 14.2 Å². The van der Waals surface area contributed by atoms with Gasteiger partial charge in [0.25, 0.3) is 0 Å². The van der Waals surface area contributed by atoms with Gasteiger partial charge in [-0.05, 0) is 25.5 Å². The van der Waals surface area contributed by atoms with Crippen molar-refractivity contribution < 1.29 is 14.3 Å². The van der Waals surface area contributed by atoms with Gasteiger partial charge in [0.15, 0.2) is 0 Å². The Balaban J connectivity index is 2.06. The molecule has 0 heterocycles. The number of hydrogen-bond donors (Lipinski definition) is 1. The molecule has 4 nitrogen and oxygen atoms in total. The quantitative estimate of drug-likeness (QED) is 0.891. The number of hydrogen-bond acceptors (Lipinski definition) is 3. The molecule has 1 N–H and O–H groups in total. The third kappa shape index (κ3) is 4.25. The van der Waals surface area contributed by atoms with E-state index in [9.17, 15) is 4.79 Å². The van der Waals surface area contributed by atoms with E-state index in [4.69, 9.17) is 9.47 Å². The van der Waals surface area contributed by atoms with Crippen molar-refractivity contribution >= 4 is 5.91 Å². The number of carbonyl (C=O) groups is 1. The maximum Gasteiger partial charge on any atom is 0.224 e. The first-order chi connectivity index (χ1) is 11.0. The SMILES string of the molecule is COc1ccccc1CNC(=O)Cc1cc(C)cc(C)c1OC. The highest BCUT2D eigenvalue weighted by molar-refractivity contribution is 5.79. The van der Waals surface area contributed by atoms with Crippen LogP contribution in [0.4, 0.5) is 0 Å². The lowest BCUT2D eigenvalue weighted by molar-refractivity contribution is -0.120. The number of ether oxygens (including phenoxy) is 2. The lowest BCUT2D eigenvalue weighted by atomic mass is 10.0. The zero-order valence-corrected chi connectivity index (χ0v) is 14.1. The number of nitrogens with one attached hydrogen (secondary N) is 1. The fraction of sp³-hybridized carbons (Fsp3) is 0.316. The van der Waals surface area contributed by atoms with Crippen LogP contribution in [-0.4, -0.2) is 20.1 Å². The van der Waals surface area contributed by atoms with E-state index < -0.39 is 0 Å². The summed E-state index contributed by atoms with van der Waals surface area (Å²) < 4.78 is 10.7. The van der Waals surface area contributed by atoms with Gasteiger partial charge in [0.05, 0.1) is 20.6 Å². The van der Waals surface area contributed by atoms with Crippen LogP contribution in [0.5, 0.6) is 11.5 Å². The second kappa shape index (κ2) is 7.68. The average molecular weight is 313 g/mol. The van der Waals surface area contributed by atoms with E-state index in [0.29, 0.717) is 13.0 Å². The lowest BCUT2D eigenvalue weighted by Gasteiger charge is -2.13. The predicted molar refractivity (Wildman–Crippen MR) is 91.0 cm³/mol. The van der Waals surface area contributed by atoms with Gasteiger partial charge in [-0.15, -0.1) is 0 Å². The van der Waals surface area contributed by atoms with Crippen LogP contribution >= 0.6 is 0 Å². The molecule has 1 amide bonds. The van der Waals surface area contributed by atoms with Gasteiger partial charge in [-0.2, -0.15) is 0 Å². The number of rotatable bonds is 6. The Hall–Kier alpha value is -2.49. The predicted octanol–water partition coefficient (Wildman–Crippen LogP) is 3.18. The molecule has 0 spiro atoms. The average Bonchev–Trinajstić information content (AvgIpc) is 2.53. The molecule has 0 bridgehead atoms. The van der Waals surface area contributed by atoms with E-state index in [2.05, 4.69) is 11.4 Å². The molecule has 0 atom stereocenters. The van der Waals surface area contributed by atoms with Crippen molar-refractivity contribution in [2.24, 2.45) is 0 Å². The van der Waals surface area contributed by atoms with Gasteiger partial charge in [0.1, 0.15) is 11.5 Å². The van der Waals surface area contributed by atoms with Crippen LogP contribution in [0, 0.1) is 13.8 Å². The van der Waals surface area contributed by atoms with Gasteiger partial charge in [-0.1, -0.05) is 35.9 Å². The summed E-state index contributed by atoms with van der Waals surface area (Å²) in [5.41, 5.74) is 4.02. The standard InChI is InChI=1S/C19H23NO3/c1-13-9-14(2)19(23-4)16(10-13)11-18(21)20-12-15-7-5-6-8-17(15)22-3/h5-10H,11-12H2,1-4H3,(H,20,21). The lowest BCUT2D eigenvalue weighted by Crippen LogP contribution is -2.25. The minimum absolute atomic E-state index is 0.0424. The zero-order valence-electron chi connectivity index (χ0n) is 14.1. The van der Waals surface area contributed by atoms with Gasteiger partial charge in [-0.3, -0.25) is 4.79 Å². The zero-order chi connectivity index (χ0) is 16.8. The van der Waals surface area contributed by atoms with Crippen LogP contribution in [0.25, 0.3) is 0 Å². The highest BCUT2D eigenvalue weighted by atomic mass is 16.5. The molecule has 0 radical (unpaired) electrons. The molecule has 23 heavy (non-hydrogen) atoms. The molecule has 0 aliphatic rings. The molecule has 4 heteroatoms. The molecule has 2 aromatic rings. The first-order valence-corrected chi connectivity index (χ1v) is 7.58. The van der Waals surface area contributed by atoms with Crippen LogP contribution in [0.3, 0.4) is 0 Å². The monoisotopic (exact) mass is 313 g/mol. The molecule has 0 aromatic heterocycles. The van der Waals surface area contributed by atoms with E-state index in [1.165, 1.54) is 0 Å². The van der Waals surface area contributed by atoms with Crippen molar-refractivity contribution in [1.82, 2.24) is 5.32 Å². The van der Waals surface area contributed by atoms with Crippen LogP contribution in [0.1, 0.15) is 22.3 Å². The summed E-state index contributed by atoms with van der Waals surface area (Å²) in [6.45, 7) is 4.45. The summed E-state index contributed by atoms with van der Waals surface area (Å²) in [6, 6.07) is 11.7. The number of methoxy groups -OCH3 is 2. The summed E-state index contributed by atoms with van der Waals surface area (Å²) in [5.74, 6) is 1.51. The smallest absolute Gasteiger partial charge is 0.224 e. The molecule has 0 saturated heterocycles. The van der Waals surface area contributed by atoms with Crippen molar-refractivity contribution in [2.45, 2.75) is 26.8 Å². The number of benzene rings is 2. The third-order valence-electron chi connectivity index (χ3n) is 3.72. The number of carbonyl (C=O) groups excluding carboxylic acids is 1. The van der Waals surface area contributed by atoms with Crippen molar-refractivity contribution in [2.75, 3.05) is 14.2 Å². The third-order valence-corrected chi connectivity index (χ3v) is 3.72. The fourth-order valence-corrected chi connectivity index (χ4v) is 2.74. The second-order valence-corrected chi connectivity index (χ2v) is 5.54. The van der Waals surface area contributed by atoms with Crippen LogP contribution in [0.15, 0.2) is 36.4 Å². The Kier molecular flexibility index (Phi) is 5.63. The maximum atomic E-state index is 12.3. The Morgan fingerprint density at radius 1 is 1.04 bits per heavy atom. The van der Waals surface area contributed by atoms with Crippen molar-refractivity contribution in [3.8, 4) is 11.5 Å². The van der Waals surface area contributed by atoms with Crippen molar-refractivity contribution in [1.29, 1.82) is 0 Å². The molecule has 0 aliphatic heterocycles. The molecule has 0 fully saturated rings. The molecule has 2 rings (SSSR count). The number of aryl methyl sites for hydroxylation is 2. The summed E-state index contributed by atoms with van der Waals surface area (Å²) in [5, 5.41) is 2.94. The molecule has 0 aliphatic carbocycles. The molecular formula is C19H23NO3. The van der Waals surface area contributed by atoms with Gasteiger partial charge >= 0.3 is 0 Å². The Morgan fingerprint density at radius 3 is 2.48 bits per heavy atom.